The zero-order valence-corrected chi connectivity index (χ0v) is 21.5. The number of hydrogen-bond acceptors (Lipinski definition) is 7. The number of phenols is 1. The zero-order chi connectivity index (χ0) is 26.8. The summed E-state index contributed by atoms with van der Waals surface area (Å²) in [5.74, 6) is -2.36. The fraction of sp³-hybridized carbons (Fsp3) is 0.367. The third-order valence-corrected chi connectivity index (χ3v) is 7.72. The van der Waals surface area contributed by atoms with Crippen LogP contribution in [0.5, 0.6) is 5.75 Å². The second-order valence-electron chi connectivity index (χ2n) is 9.91. The number of carbonyl (C=O) groups is 3. The van der Waals surface area contributed by atoms with Crippen LogP contribution in [-0.4, -0.2) is 61.5 Å². The van der Waals surface area contributed by atoms with Crippen LogP contribution >= 0.6 is 0 Å². The first-order chi connectivity index (χ1) is 18.4. The number of benzene rings is 2. The predicted octanol–water partition coefficient (Wildman–Crippen LogP) is 4.44. The maximum Gasteiger partial charge on any atom is 0.423 e. The molecule has 2 aromatic rings. The van der Waals surface area contributed by atoms with Crippen molar-refractivity contribution in [2.24, 2.45) is 17.8 Å². The van der Waals surface area contributed by atoms with E-state index in [1.165, 1.54) is 0 Å². The Labute approximate surface area is 221 Å². The van der Waals surface area contributed by atoms with Gasteiger partial charge in [-0.15, -0.1) is 0 Å². The number of phenolic OH excluding ortho intramolecular Hbond substituents is 1. The van der Waals surface area contributed by atoms with E-state index in [0.29, 0.717) is 37.4 Å². The van der Waals surface area contributed by atoms with Crippen molar-refractivity contribution >= 4 is 29.6 Å². The third-order valence-electron chi connectivity index (χ3n) is 7.72. The van der Waals surface area contributed by atoms with Gasteiger partial charge in [-0.1, -0.05) is 48.5 Å². The normalized spacial score (nSPS) is 25.0. The number of allylic oxidation sites excluding steroid dienone is 1. The lowest BCUT2D eigenvalue weighted by atomic mass is 9.69. The SMILES string of the molecule is COCC1=C2[C@@H](CC/C(=C/c3cccc(O)c3)c3ccccc3)OC[C@@H]2[C@@H]2C(=O)N(C(=O)OC)C(=O)[C@@H]2C1. The Morgan fingerprint density at radius 3 is 2.58 bits per heavy atom. The molecule has 198 valence electrons. The summed E-state index contributed by atoms with van der Waals surface area (Å²) in [6.07, 6.45) is 2.60. The molecular weight excluding hydrogens is 486 g/mol. The van der Waals surface area contributed by atoms with Gasteiger partial charge < -0.3 is 19.3 Å². The molecule has 2 heterocycles. The molecule has 2 saturated heterocycles. The van der Waals surface area contributed by atoms with E-state index in [1.54, 1.807) is 19.2 Å². The molecule has 1 aliphatic carbocycles. The van der Waals surface area contributed by atoms with Crippen LogP contribution in [0.15, 0.2) is 65.7 Å². The second kappa shape index (κ2) is 10.9. The number of rotatable bonds is 7. The number of methoxy groups -OCH3 is 2. The Balaban J connectivity index is 1.43. The molecule has 2 fully saturated rings. The zero-order valence-electron chi connectivity index (χ0n) is 21.5. The number of likely N-dealkylation sites (tertiary alicyclic amines) is 1. The smallest absolute Gasteiger partial charge is 0.423 e. The molecule has 0 spiro atoms. The largest absolute Gasteiger partial charge is 0.508 e. The van der Waals surface area contributed by atoms with Crippen molar-refractivity contribution < 1.29 is 33.7 Å². The van der Waals surface area contributed by atoms with Gasteiger partial charge in [0.25, 0.3) is 0 Å². The molecule has 1 N–H and O–H groups in total. The minimum atomic E-state index is -0.940. The Morgan fingerprint density at radius 1 is 1.08 bits per heavy atom. The van der Waals surface area contributed by atoms with Gasteiger partial charge in [-0.05, 0) is 59.2 Å². The highest BCUT2D eigenvalue weighted by Crippen LogP contribution is 2.50. The van der Waals surface area contributed by atoms with Crippen molar-refractivity contribution in [3.05, 3.63) is 76.9 Å². The van der Waals surface area contributed by atoms with Crippen molar-refractivity contribution in [3.8, 4) is 5.75 Å². The first kappa shape index (κ1) is 25.9. The van der Waals surface area contributed by atoms with Crippen molar-refractivity contribution in [1.82, 2.24) is 4.90 Å². The number of amides is 3. The van der Waals surface area contributed by atoms with E-state index < -0.39 is 29.7 Å². The number of hydrogen-bond donors (Lipinski definition) is 1. The summed E-state index contributed by atoms with van der Waals surface area (Å²) >= 11 is 0. The monoisotopic (exact) mass is 517 g/mol. The lowest BCUT2D eigenvalue weighted by molar-refractivity contribution is -0.137. The van der Waals surface area contributed by atoms with Crippen molar-refractivity contribution in [2.75, 3.05) is 27.4 Å². The van der Waals surface area contributed by atoms with Crippen molar-refractivity contribution in [1.29, 1.82) is 0 Å². The number of fused-ring (bicyclic) bond motifs is 3. The predicted molar refractivity (Wildman–Crippen MR) is 140 cm³/mol. The highest BCUT2D eigenvalue weighted by atomic mass is 16.5. The number of nitrogens with zero attached hydrogens (tertiary/aromatic N) is 1. The Morgan fingerprint density at radius 2 is 1.87 bits per heavy atom. The Kier molecular flexibility index (Phi) is 7.44. The molecule has 2 aromatic carbocycles. The van der Waals surface area contributed by atoms with E-state index in [9.17, 15) is 19.5 Å². The van der Waals surface area contributed by atoms with Gasteiger partial charge in [0.05, 0.1) is 38.3 Å². The molecule has 0 aromatic heterocycles. The third kappa shape index (κ3) is 4.77. The standard InChI is InChI=1S/C30H31NO7/c1-36-16-21-15-23-27(29(34)31(28(23)33)30(35)37-2)24-17-38-25(26(21)24)12-11-20(19-8-4-3-5-9-19)13-18-7-6-10-22(32)14-18/h3-10,13-14,23-25,27,32H,11-12,15-17H2,1-2H3/b20-13-/t23-,24+,25-,27-/m1/s1. The highest BCUT2D eigenvalue weighted by molar-refractivity contribution is 6.16. The van der Waals surface area contributed by atoms with Crippen molar-refractivity contribution in [2.45, 2.75) is 25.4 Å². The van der Waals surface area contributed by atoms with Gasteiger partial charge in [0.2, 0.25) is 11.8 Å². The molecule has 4 atom stereocenters. The molecule has 0 unspecified atom stereocenters. The fourth-order valence-electron chi connectivity index (χ4n) is 6.11. The summed E-state index contributed by atoms with van der Waals surface area (Å²) < 4.78 is 16.5. The molecule has 2 aliphatic heterocycles. The van der Waals surface area contributed by atoms with Crippen LogP contribution in [0.4, 0.5) is 4.79 Å². The summed E-state index contributed by atoms with van der Waals surface area (Å²) in [6, 6.07) is 17.2. The molecule has 0 radical (unpaired) electrons. The van der Waals surface area contributed by atoms with Crippen LogP contribution in [0, 0.1) is 17.8 Å². The molecule has 38 heavy (non-hydrogen) atoms. The van der Waals surface area contributed by atoms with Gasteiger partial charge in [-0.2, -0.15) is 4.90 Å². The summed E-state index contributed by atoms with van der Waals surface area (Å²) in [5.41, 5.74) is 5.05. The number of carbonyl (C=O) groups excluding carboxylic acids is 3. The van der Waals surface area contributed by atoms with Gasteiger partial charge in [0.1, 0.15) is 5.75 Å². The summed E-state index contributed by atoms with van der Waals surface area (Å²) in [4.78, 5) is 39.1. The summed E-state index contributed by atoms with van der Waals surface area (Å²) in [6.45, 7) is 0.638. The quantitative estimate of drug-likeness (QED) is 0.329. The first-order valence-electron chi connectivity index (χ1n) is 12.8. The topological polar surface area (TPSA) is 102 Å². The molecule has 0 saturated carbocycles. The maximum atomic E-state index is 13.2. The Bertz CT molecular complexity index is 1300. The van der Waals surface area contributed by atoms with Crippen LogP contribution in [0.2, 0.25) is 0 Å². The van der Waals surface area contributed by atoms with E-state index in [2.05, 4.69) is 18.2 Å². The van der Waals surface area contributed by atoms with E-state index >= 15 is 0 Å². The lowest BCUT2D eigenvalue weighted by Gasteiger charge is -2.31. The molecule has 3 amide bonds. The molecular formula is C30H31NO7. The average Bonchev–Trinajstić information content (AvgIpc) is 3.45. The van der Waals surface area contributed by atoms with Crippen LogP contribution in [0.3, 0.4) is 0 Å². The minimum absolute atomic E-state index is 0.205. The van der Waals surface area contributed by atoms with Gasteiger partial charge in [0, 0.05) is 13.0 Å². The number of imide groups is 3. The van der Waals surface area contributed by atoms with E-state index in [0.717, 1.165) is 35.0 Å². The molecule has 3 aliphatic rings. The van der Waals surface area contributed by atoms with Gasteiger partial charge in [-0.25, -0.2) is 4.79 Å². The summed E-state index contributed by atoms with van der Waals surface area (Å²) in [7, 11) is 2.77. The number of aromatic hydroxyl groups is 1. The summed E-state index contributed by atoms with van der Waals surface area (Å²) in [5, 5.41) is 9.94. The van der Waals surface area contributed by atoms with E-state index in [-0.39, 0.29) is 17.8 Å². The highest BCUT2D eigenvalue weighted by Gasteiger charge is 2.58. The van der Waals surface area contributed by atoms with Gasteiger partial charge >= 0.3 is 6.09 Å². The van der Waals surface area contributed by atoms with Crippen LogP contribution in [0.25, 0.3) is 11.6 Å². The van der Waals surface area contributed by atoms with E-state index in [1.807, 2.05) is 30.3 Å². The second-order valence-corrected chi connectivity index (χ2v) is 9.91. The molecule has 8 nitrogen and oxygen atoms in total. The average molecular weight is 518 g/mol. The molecule has 5 rings (SSSR count). The molecule has 0 bridgehead atoms. The maximum absolute atomic E-state index is 13.2. The minimum Gasteiger partial charge on any atom is -0.508 e. The van der Waals surface area contributed by atoms with Crippen LogP contribution in [-0.2, 0) is 23.8 Å². The number of ether oxygens (including phenoxy) is 3. The fourth-order valence-corrected chi connectivity index (χ4v) is 6.11. The lowest BCUT2D eigenvalue weighted by Crippen LogP contribution is -2.38. The van der Waals surface area contributed by atoms with Crippen molar-refractivity contribution in [3.63, 3.8) is 0 Å². The van der Waals surface area contributed by atoms with Crippen LogP contribution < -0.4 is 0 Å². The van der Waals surface area contributed by atoms with Gasteiger partial charge in [-0.3, -0.25) is 9.59 Å². The van der Waals surface area contributed by atoms with Gasteiger partial charge in [0.15, 0.2) is 0 Å². The van der Waals surface area contributed by atoms with Crippen LogP contribution in [0.1, 0.15) is 30.4 Å². The first-order valence-corrected chi connectivity index (χ1v) is 12.8. The molecule has 8 heteroatoms. The van der Waals surface area contributed by atoms with E-state index in [4.69, 9.17) is 14.2 Å². The Hall–Kier alpha value is -3.75.